The van der Waals surface area contributed by atoms with Gasteiger partial charge in [0.15, 0.2) is 5.15 Å². The molecular formula is C12H17ClN2O. The van der Waals surface area contributed by atoms with Gasteiger partial charge in [-0.1, -0.05) is 31.4 Å². The predicted octanol–water partition coefficient (Wildman–Crippen LogP) is 3.48. The molecular weight excluding hydrogens is 224 g/mol. The Morgan fingerprint density at radius 2 is 2.31 bits per heavy atom. The normalized spacial score (nSPS) is 25.4. The summed E-state index contributed by atoms with van der Waals surface area (Å²) in [5.74, 6) is 1.35. The molecule has 1 heterocycles. The smallest absolute Gasteiger partial charge is 0.234 e. The van der Waals surface area contributed by atoms with Crippen LogP contribution in [0.3, 0.4) is 0 Å². The maximum absolute atomic E-state index is 5.81. The molecule has 1 saturated carbocycles. The minimum Gasteiger partial charge on any atom is -0.473 e. The molecule has 1 fully saturated rings. The summed E-state index contributed by atoms with van der Waals surface area (Å²) in [5, 5.41) is 0.389. The van der Waals surface area contributed by atoms with E-state index in [0.29, 0.717) is 11.0 Å². The molecule has 2 atom stereocenters. The summed E-state index contributed by atoms with van der Waals surface area (Å²) in [6.07, 6.45) is 9.49. The number of halogens is 1. The van der Waals surface area contributed by atoms with Crippen molar-refractivity contribution in [2.45, 2.75) is 45.1 Å². The van der Waals surface area contributed by atoms with E-state index in [9.17, 15) is 0 Å². The maximum Gasteiger partial charge on any atom is 0.234 e. The number of aromatic nitrogens is 2. The van der Waals surface area contributed by atoms with E-state index in [1.54, 1.807) is 6.20 Å². The fourth-order valence-electron chi connectivity index (χ4n) is 2.27. The van der Waals surface area contributed by atoms with Crippen LogP contribution in [0.25, 0.3) is 0 Å². The Kier molecular flexibility index (Phi) is 3.99. The Morgan fingerprint density at radius 1 is 1.44 bits per heavy atom. The Morgan fingerprint density at radius 3 is 3.06 bits per heavy atom. The quantitative estimate of drug-likeness (QED) is 0.812. The molecule has 16 heavy (non-hydrogen) atoms. The summed E-state index contributed by atoms with van der Waals surface area (Å²) < 4.78 is 5.81. The van der Waals surface area contributed by atoms with Crippen LogP contribution >= 0.6 is 11.6 Å². The average Bonchev–Trinajstić information content (AvgIpc) is 2.29. The molecule has 0 aliphatic heterocycles. The first-order valence-electron chi connectivity index (χ1n) is 5.92. The lowest BCUT2D eigenvalue weighted by Crippen LogP contribution is -2.25. The van der Waals surface area contributed by atoms with Gasteiger partial charge >= 0.3 is 0 Å². The molecule has 0 bridgehead atoms. The molecule has 0 aromatic carbocycles. The zero-order chi connectivity index (χ0) is 11.4. The number of rotatable bonds is 3. The first kappa shape index (κ1) is 11.6. The van der Waals surface area contributed by atoms with Crippen molar-refractivity contribution >= 4 is 11.6 Å². The van der Waals surface area contributed by atoms with Crippen LogP contribution in [0.4, 0.5) is 0 Å². The van der Waals surface area contributed by atoms with Crippen molar-refractivity contribution < 1.29 is 4.74 Å². The summed E-state index contributed by atoms with van der Waals surface area (Å²) in [7, 11) is 0. The molecule has 0 saturated heterocycles. The Balaban J connectivity index is 1.94. The molecule has 2 rings (SSSR count). The molecule has 3 nitrogen and oxygen atoms in total. The van der Waals surface area contributed by atoms with E-state index in [-0.39, 0.29) is 6.10 Å². The molecule has 0 spiro atoms. The van der Waals surface area contributed by atoms with E-state index >= 15 is 0 Å². The van der Waals surface area contributed by atoms with Crippen LogP contribution in [0.15, 0.2) is 12.4 Å². The van der Waals surface area contributed by atoms with E-state index in [1.165, 1.54) is 25.5 Å². The van der Waals surface area contributed by atoms with Crippen LogP contribution in [0.2, 0.25) is 5.15 Å². The summed E-state index contributed by atoms with van der Waals surface area (Å²) in [4.78, 5) is 8.07. The van der Waals surface area contributed by atoms with Crippen LogP contribution in [0.5, 0.6) is 5.88 Å². The van der Waals surface area contributed by atoms with Gasteiger partial charge in [-0.05, 0) is 25.2 Å². The van der Waals surface area contributed by atoms with Crippen LogP contribution in [-0.4, -0.2) is 16.1 Å². The predicted molar refractivity (Wildman–Crippen MR) is 63.7 cm³/mol. The summed E-state index contributed by atoms with van der Waals surface area (Å²) >= 11 is 5.76. The van der Waals surface area contributed by atoms with Gasteiger partial charge in [0.2, 0.25) is 5.88 Å². The molecule has 0 N–H and O–H groups in total. The SMILES string of the molecule is CCC1CCCC(Oc2cncc(Cl)n2)C1. The van der Waals surface area contributed by atoms with Crippen LogP contribution in [-0.2, 0) is 0 Å². The van der Waals surface area contributed by atoms with Crippen molar-refractivity contribution in [2.75, 3.05) is 0 Å². The van der Waals surface area contributed by atoms with Crippen molar-refractivity contribution in [3.8, 4) is 5.88 Å². The fraction of sp³-hybridized carbons (Fsp3) is 0.667. The van der Waals surface area contributed by atoms with Gasteiger partial charge in [0.1, 0.15) is 6.10 Å². The molecule has 0 amide bonds. The topological polar surface area (TPSA) is 35.0 Å². The highest BCUT2D eigenvalue weighted by Gasteiger charge is 2.22. The van der Waals surface area contributed by atoms with Gasteiger partial charge in [0.05, 0.1) is 12.4 Å². The third-order valence-corrected chi connectivity index (χ3v) is 3.36. The number of ether oxygens (including phenoxy) is 1. The number of nitrogens with zero attached hydrogens (tertiary/aromatic N) is 2. The molecule has 1 aromatic heterocycles. The van der Waals surface area contributed by atoms with Gasteiger partial charge in [0.25, 0.3) is 0 Å². The highest BCUT2D eigenvalue weighted by atomic mass is 35.5. The van der Waals surface area contributed by atoms with Crippen molar-refractivity contribution in [1.82, 2.24) is 9.97 Å². The number of hydrogen-bond donors (Lipinski definition) is 0. The maximum atomic E-state index is 5.81. The van der Waals surface area contributed by atoms with Gasteiger partial charge in [-0.15, -0.1) is 0 Å². The van der Waals surface area contributed by atoms with Crippen LogP contribution in [0, 0.1) is 5.92 Å². The van der Waals surface area contributed by atoms with Crippen molar-refractivity contribution in [2.24, 2.45) is 5.92 Å². The highest BCUT2D eigenvalue weighted by Crippen LogP contribution is 2.29. The summed E-state index contributed by atoms with van der Waals surface area (Å²) in [5.41, 5.74) is 0. The zero-order valence-corrected chi connectivity index (χ0v) is 10.3. The molecule has 88 valence electrons. The molecule has 2 unspecified atom stereocenters. The standard InChI is InChI=1S/C12H17ClN2O/c1-2-9-4-3-5-10(6-9)16-12-8-14-7-11(13)15-12/h7-10H,2-6H2,1H3. The van der Waals surface area contributed by atoms with Gasteiger partial charge in [-0.2, -0.15) is 4.98 Å². The molecule has 1 aliphatic rings. The minimum atomic E-state index is 0.284. The Hall–Kier alpha value is -0.830. The first-order chi connectivity index (χ1) is 7.78. The molecule has 4 heteroatoms. The lowest BCUT2D eigenvalue weighted by atomic mass is 9.85. The van der Waals surface area contributed by atoms with Gasteiger partial charge in [0, 0.05) is 0 Å². The second-order valence-electron chi connectivity index (χ2n) is 4.36. The summed E-state index contributed by atoms with van der Waals surface area (Å²) in [6.45, 7) is 2.24. The molecule has 1 aliphatic carbocycles. The molecule has 0 radical (unpaired) electrons. The van der Waals surface area contributed by atoms with Crippen LogP contribution in [0.1, 0.15) is 39.0 Å². The van der Waals surface area contributed by atoms with Crippen molar-refractivity contribution in [3.05, 3.63) is 17.5 Å². The number of hydrogen-bond acceptors (Lipinski definition) is 3. The average molecular weight is 241 g/mol. The lowest BCUT2D eigenvalue weighted by molar-refractivity contribution is 0.116. The van der Waals surface area contributed by atoms with E-state index in [2.05, 4.69) is 16.9 Å². The van der Waals surface area contributed by atoms with E-state index in [0.717, 1.165) is 18.8 Å². The highest BCUT2D eigenvalue weighted by molar-refractivity contribution is 6.29. The van der Waals surface area contributed by atoms with E-state index in [4.69, 9.17) is 16.3 Å². The Labute approximate surface area is 101 Å². The molecule has 1 aromatic rings. The van der Waals surface area contributed by atoms with E-state index in [1.807, 2.05) is 0 Å². The monoisotopic (exact) mass is 240 g/mol. The lowest BCUT2D eigenvalue weighted by Gasteiger charge is -2.28. The van der Waals surface area contributed by atoms with E-state index < -0.39 is 0 Å². The largest absolute Gasteiger partial charge is 0.473 e. The van der Waals surface area contributed by atoms with Crippen molar-refractivity contribution in [3.63, 3.8) is 0 Å². The first-order valence-corrected chi connectivity index (χ1v) is 6.30. The van der Waals surface area contributed by atoms with Gasteiger partial charge in [-0.25, -0.2) is 0 Å². The zero-order valence-electron chi connectivity index (χ0n) is 9.53. The van der Waals surface area contributed by atoms with Gasteiger partial charge < -0.3 is 4.74 Å². The second-order valence-corrected chi connectivity index (χ2v) is 4.75. The Bertz CT molecular complexity index is 346. The van der Waals surface area contributed by atoms with Crippen LogP contribution < -0.4 is 4.74 Å². The minimum absolute atomic E-state index is 0.284. The summed E-state index contributed by atoms with van der Waals surface area (Å²) in [6, 6.07) is 0. The van der Waals surface area contributed by atoms with Gasteiger partial charge in [-0.3, -0.25) is 4.98 Å². The van der Waals surface area contributed by atoms with Crippen molar-refractivity contribution in [1.29, 1.82) is 0 Å². The second kappa shape index (κ2) is 5.48. The fourth-order valence-corrected chi connectivity index (χ4v) is 2.41. The third-order valence-electron chi connectivity index (χ3n) is 3.18. The third kappa shape index (κ3) is 3.08.